The van der Waals surface area contributed by atoms with E-state index in [1.807, 2.05) is 0 Å². The van der Waals surface area contributed by atoms with Crippen LogP contribution in [0, 0.1) is 0 Å². The number of alkyl halides is 3. The Kier molecular flexibility index (Phi) is 4.26. The van der Waals surface area contributed by atoms with Gasteiger partial charge in [0.05, 0.1) is 0 Å². The molecule has 0 aliphatic rings. The normalized spacial score (nSPS) is 11.6. The summed E-state index contributed by atoms with van der Waals surface area (Å²) < 4.78 is -1.33. The Morgan fingerprint density at radius 3 is 2.25 bits per heavy atom. The third-order valence-corrected chi connectivity index (χ3v) is 4.35. The monoisotopic (exact) mass is 260 g/mol. The number of halogens is 3. The topological polar surface area (TPSA) is 25.8 Å². The zero-order valence-corrected chi connectivity index (χ0v) is 9.48. The predicted molar refractivity (Wildman–Crippen MR) is 55.8 cm³/mol. The Morgan fingerprint density at radius 1 is 1.17 bits per heavy atom. The maximum atomic E-state index is 5.50. The van der Waals surface area contributed by atoms with Crippen LogP contribution in [0.25, 0.3) is 0 Å². The molecule has 1 rings (SSSR count). The maximum Gasteiger partial charge on any atom is 0.247 e. The zero-order chi connectivity index (χ0) is 9.03. The first-order valence-corrected chi connectivity index (χ1v) is 6.06. The fraction of sp³-hybridized carbons (Fsp3) is 0.200. The van der Waals surface area contributed by atoms with Crippen LogP contribution in [0.5, 0.6) is 0 Å². The van der Waals surface area contributed by atoms with E-state index in [4.69, 9.17) is 34.8 Å². The van der Waals surface area contributed by atoms with Crippen LogP contribution >= 0.6 is 56.4 Å². The molecule has 0 radical (unpaired) electrons. The van der Waals surface area contributed by atoms with Crippen LogP contribution in [-0.4, -0.2) is 13.1 Å². The molecule has 0 saturated carbocycles. The van der Waals surface area contributed by atoms with Crippen LogP contribution in [0.2, 0.25) is 0 Å². The van der Waals surface area contributed by atoms with Crippen molar-refractivity contribution in [1.29, 1.82) is 0 Å². The van der Waals surface area contributed by atoms with Gasteiger partial charge in [0, 0.05) is 12.4 Å². The van der Waals surface area contributed by atoms with Crippen molar-refractivity contribution in [2.75, 3.05) is 0 Å². The number of nitrogens with zero attached hydrogens (tertiary/aromatic N) is 2. The van der Waals surface area contributed by atoms with Crippen LogP contribution in [-0.2, 0) is 0 Å². The first-order chi connectivity index (χ1) is 5.58. The van der Waals surface area contributed by atoms with E-state index in [1.165, 1.54) is 10.8 Å². The Morgan fingerprint density at radius 2 is 1.75 bits per heavy atom. The highest BCUT2D eigenvalue weighted by Crippen LogP contribution is 2.47. The smallest absolute Gasteiger partial charge is 0.230 e. The number of hydrogen-bond donors (Lipinski definition) is 0. The van der Waals surface area contributed by atoms with Crippen molar-refractivity contribution >= 4 is 56.4 Å². The standard InChI is InChI=1S/C5H3Cl3N2S2/c6-5(7,8)12-11-4-9-2-1-3-10-4/h1-3H. The van der Waals surface area contributed by atoms with Gasteiger partial charge in [0.25, 0.3) is 0 Å². The van der Waals surface area contributed by atoms with E-state index >= 15 is 0 Å². The zero-order valence-electron chi connectivity index (χ0n) is 5.58. The summed E-state index contributed by atoms with van der Waals surface area (Å²) in [7, 11) is 2.30. The minimum Gasteiger partial charge on any atom is -0.230 e. The van der Waals surface area contributed by atoms with Crippen molar-refractivity contribution in [2.24, 2.45) is 0 Å². The molecule has 0 aromatic carbocycles. The van der Waals surface area contributed by atoms with E-state index in [1.54, 1.807) is 18.5 Å². The van der Waals surface area contributed by atoms with Crippen molar-refractivity contribution in [3.63, 3.8) is 0 Å². The molecular formula is C5H3Cl3N2S2. The minimum atomic E-state index is -1.33. The SMILES string of the molecule is ClC(Cl)(Cl)SSc1ncccn1. The van der Waals surface area contributed by atoms with E-state index in [-0.39, 0.29) is 0 Å². The van der Waals surface area contributed by atoms with Gasteiger partial charge in [-0.15, -0.1) is 0 Å². The van der Waals surface area contributed by atoms with Crippen LogP contribution in [0.3, 0.4) is 0 Å². The molecule has 66 valence electrons. The molecule has 0 unspecified atom stereocenters. The van der Waals surface area contributed by atoms with Crippen molar-refractivity contribution in [1.82, 2.24) is 9.97 Å². The molecule has 1 heterocycles. The highest BCUT2D eigenvalue weighted by atomic mass is 35.6. The lowest BCUT2D eigenvalue weighted by Gasteiger charge is -2.06. The van der Waals surface area contributed by atoms with Crippen molar-refractivity contribution < 1.29 is 0 Å². The van der Waals surface area contributed by atoms with Crippen LogP contribution in [0.1, 0.15) is 0 Å². The van der Waals surface area contributed by atoms with Gasteiger partial charge in [-0.25, -0.2) is 9.97 Å². The quantitative estimate of drug-likeness (QED) is 0.462. The molecule has 0 amide bonds. The lowest BCUT2D eigenvalue weighted by molar-refractivity contribution is 0.973. The number of hydrogen-bond acceptors (Lipinski definition) is 4. The van der Waals surface area contributed by atoms with Gasteiger partial charge in [0.2, 0.25) is 3.12 Å². The van der Waals surface area contributed by atoms with Gasteiger partial charge in [-0.2, -0.15) is 0 Å². The summed E-state index contributed by atoms with van der Waals surface area (Å²) in [5, 5.41) is 0.578. The summed E-state index contributed by atoms with van der Waals surface area (Å²) >= 11 is 16.5. The molecular weight excluding hydrogens is 259 g/mol. The Labute approximate surface area is 92.8 Å². The summed E-state index contributed by atoms with van der Waals surface area (Å²) in [6.07, 6.45) is 3.27. The second-order valence-electron chi connectivity index (χ2n) is 1.64. The molecule has 0 atom stereocenters. The highest BCUT2D eigenvalue weighted by Gasteiger charge is 2.21. The van der Waals surface area contributed by atoms with Crippen LogP contribution < -0.4 is 0 Å². The first-order valence-electron chi connectivity index (χ1n) is 2.77. The summed E-state index contributed by atoms with van der Waals surface area (Å²) in [4.78, 5) is 7.87. The third kappa shape index (κ3) is 4.62. The lowest BCUT2D eigenvalue weighted by Crippen LogP contribution is -1.90. The molecule has 0 aliphatic heterocycles. The fourth-order valence-corrected chi connectivity index (χ4v) is 2.41. The molecule has 0 N–H and O–H groups in total. The predicted octanol–water partition coefficient (Wildman–Crippen LogP) is 3.54. The summed E-state index contributed by atoms with van der Waals surface area (Å²) in [6.45, 7) is 0. The van der Waals surface area contributed by atoms with Crippen LogP contribution in [0.4, 0.5) is 0 Å². The first kappa shape index (κ1) is 10.7. The summed E-state index contributed by atoms with van der Waals surface area (Å²) in [5.74, 6) is 0. The maximum absolute atomic E-state index is 5.50. The number of aromatic nitrogens is 2. The minimum absolute atomic E-state index is 0.578. The van der Waals surface area contributed by atoms with E-state index < -0.39 is 3.12 Å². The molecule has 1 aromatic heterocycles. The summed E-state index contributed by atoms with van der Waals surface area (Å²) in [5.41, 5.74) is 0. The summed E-state index contributed by atoms with van der Waals surface area (Å²) in [6, 6.07) is 1.73. The fourth-order valence-electron chi connectivity index (χ4n) is 0.413. The van der Waals surface area contributed by atoms with Crippen molar-refractivity contribution in [3.8, 4) is 0 Å². The Hall–Kier alpha value is 0.650. The van der Waals surface area contributed by atoms with Gasteiger partial charge >= 0.3 is 0 Å². The van der Waals surface area contributed by atoms with Gasteiger partial charge in [-0.05, 0) is 27.7 Å². The van der Waals surface area contributed by atoms with E-state index in [0.717, 1.165) is 10.8 Å². The largest absolute Gasteiger partial charge is 0.247 e. The average molecular weight is 262 g/mol. The van der Waals surface area contributed by atoms with E-state index in [9.17, 15) is 0 Å². The molecule has 0 spiro atoms. The second-order valence-corrected chi connectivity index (χ2v) is 6.91. The third-order valence-electron chi connectivity index (χ3n) is 0.753. The molecule has 0 saturated heterocycles. The highest BCUT2D eigenvalue weighted by molar-refractivity contribution is 8.78. The Balaban J connectivity index is 2.44. The molecule has 0 aliphatic carbocycles. The van der Waals surface area contributed by atoms with Gasteiger partial charge in [0.15, 0.2) is 5.16 Å². The molecule has 12 heavy (non-hydrogen) atoms. The molecule has 2 nitrogen and oxygen atoms in total. The van der Waals surface area contributed by atoms with Gasteiger partial charge in [-0.1, -0.05) is 34.8 Å². The molecule has 0 fully saturated rings. The second kappa shape index (κ2) is 4.77. The van der Waals surface area contributed by atoms with E-state index in [2.05, 4.69) is 9.97 Å². The Bertz CT molecular complexity index is 238. The number of rotatable bonds is 2. The molecule has 0 bridgehead atoms. The van der Waals surface area contributed by atoms with Gasteiger partial charge in [0.1, 0.15) is 0 Å². The van der Waals surface area contributed by atoms with E-state index in [0.29, 0.717) is 5.16 Å². The lowest BCUT2D eigenvalue weighted by atomic mass is 10.7. The van der Waals surface area contributed by atoms with Crippen molar-refractivity contribution in [2.45, 2.75) is 8.28 Å². The van der Waals surface area contributed by atoms with Gasteiger partial charge < -0.3 is 0 Å². The van der Waals surface area contributed by atoms with Crippen LogP contribution in [0.15, 0.2) is 23.6 Å². The molecule has 1 aromatic rings. The van der Waals surface area contributed by atoms with Gasteiger partial charge in [-0.3, -0.25) is 0 Å². The average Bonchev–Trinajstić information content (AvgIpc) is 2.02. The molecule has 7 heteroatoms. The van der Waals surface area contributed by atoms with Crippen molar-refractivity contribution in [3.05, 3.63) is 18.5 Å².